The smallest absolute Gasteiger partial charge is 0.249 e. The number of nitrogens with zero attached hydrogens (tertiary/aromatic N) is 4. The number of pyridine rings is 2. The Labute approximate surface area is 197 Å². The summed E-state index contributed by atoms with van der Waals surface area (Å²) in [7, 11) is -4.26. The Bertz CT molecular complexity index is 1660. The highest BCUT2D eigenvalue weighted by atomic mass is 32.2. The molecular formula is C21H13F7N4O3S. The van der Waals surface area contributed by atoms with Gasteiger partial charge in [-0.2, -0.15) is 31.0 Å². The molecule has 0 aliphatic heterocycles. The largest absolute Gasteiger partial charge is 0.417 e. The summed E-state index contributed by atoms with van der Waals surface area (Å²) in [6.45, 7) is 1.23. The second-order valence-corrected chi connectivity index (χ2v) is 9.72. The van der Waals surface area contributed by atoms with Gasteiger partial charge in [0.1, 0.15) is 10.7 Å². The fourth-order valence-corrected chi connectivity index (χ4v) is 4.45. The van der Waals surface area contributed by atoms with E-state index in [0.29, 0.717) is 21.3 Å². The Morgan fingerprint density at radius 2 is 1.67 bits per heavy atom. The molecule has 0 aliphatic rings. The summed E-state index contributed by atoms with van der Waals surface area (Å²) < 4.78 is 120. The molecule has 3 aromatic heterocycles. The molecule has 0 saturated heterocycles. The number of benzene rings is 1. The Kier molecular flexibility index (Phi) is 5.93. The lowest BCUT2D eigenvalue weighted by atomic mass is 10.0. The molecule has 0 saturated carbocycles. The van der Waals surface area contributed by atoms with Crippen LogP contribution in [0.1, 0.15) is 18.1 Å². The van der Waals surface area contributed by atoms with Crippen LogP contribution in [0.25, 0.3) is 22.6 Å². The highest BCUT2D eigenvalue weighted by Gasteiger charge is 2.35. The minimum Gasteiger partial charge on any atom is -0.249 e. The van der Waals surface area contributed by atoms with E-state index in [1.165, 1.54) is 6.92 Å². The molecule has 0 N–H and O–H groups in total. The van der Waals surface area contributed by atoms with E-state index in [-0.39, 0.29) is 17.3 Å². The van der Waals surface area contributed by atoms with E-state index in [2.05, 4.69) is 10.1 Å². The Balaban J connectivity index is 1.99. The number of aromatic nitrogens is 4. The van der Waals surface area contributed by atoms with Gasteiger partial charge in [-0.05, 0) is 35.9 Å². The van der Waals surface area contributed by atoms with Gasteiger partial charge in [-0.15, -0.1) is 5.10 Å². The molecule has 0 bridgehead atoms. The van der Waals surface area contributed by atoms with Gasteiger partial charge < -0.3 is 0 Å². The van der Waals surface area contributed by atoms with Crippen molar-refractivity contribution in [3.63, 3.8) is 0 Å². The number of halogens is 7. The average molecular weight is 534 g/mol. The molecular weight excluding hydrogens is 521 g/mol. The minimum absolute atomic E-state index is 0.238. The zero-order valence-corrected chi connectivity index (χ0v) is 18.7. The van der Waals surface area contributed by atoms with Crippen molar-refractivity contribution < 1.29 is 39.2 Å². The Hall–Kier alpha value is -3.75. The molecule has 0 radical (unpaired) electrons. The molecule has 7 nitrogen and oxygen atoms in total. The molecule has 190 valence electrons. The first-order valence-corrected chi connectivity index (χ1v) is 11.6. The molecule has 36 heavy (non-hydrogen) atoms. The van der Waals surface area contributed by atoms with Gasteiger partial charge in [0.2, 0.25) is 0 Å². The van der Waals surface area contributed by atoms with E-state index in [1.807, 2.05) is 0 Å². The average Bonchev–Trinajstić information content (AvgIpc) is 3.13. The van der Waals surface area contributed by atoms with E-state index in [9.17, 15) is 43.9 Å². The third-order valence-corrected chi connectivity index (χ3v) is 6.92. The van der Waals surface area contributed by atoms with Crippen molar-refractivity contribution in [2.75, 3.05) is 5.75 Å². The summed E-state index contributed by atoms with van der Waals surface area (Å²) in [4.78, 5) is 16.0. The second-order valence-electron chi connectivity index (χ2n) is 7.47. The second kappa shape index (κ2) is 8.43. The van der Waals surface area contributed by atoms with Crippen LogP contribution in [0.15, 0.2) is 58.5 Å². The molecule has 0 aliphatic carbocycles. The molecule has 0 atom stereocenters. The normalized spacial score (nSPS) is 12.9. The summed E-state index contributed by atoms with van der Waals surface area (Å²) in [6, 6.07) is 4.16. The number of hydrogen-bond donors (Lipinski definition) is 0. The van der Waals surface area contributed by atoms with E-state index in [4.69, 9.17) is 0 Å². The number of alkyl halides is 6. The number of sulfone groups is 1. The van der Waals surface area contributed by atoms with Crippen molar-refractivity contribution in [2.45, 2.75) is 24.2 Å². The van der Waals surface area contributed by atoms with E-state index < -0.39 is 66.9 Å². The van der Waals surface area contributed by atoms with Crippen molar-refractivity contribution in [1.82, 2.24) is 19.2 Å². The zero-order chi connectivity index (χ0) is 26.6. The van der Waals surface area contributed by atoms with Crippen molar-refractivity contribution >= 4 is 15.5 Å². The fourth-order valence-electron chi connectivity index (χ4n) is 3.41. The summed E-state index contributed by atoms with van der Waals surface area (Å²) in [6.07, 6.45) is -8.48. The fraction of sp³-hybridized carbons (Fsp3) is 0.190. The molecule has 4 rings (SSSR count). The van der Waals surface area contributed by atoms with Gasteiger partial charge in [0.05, 0.1) is 16.9 Å². The third kappa shape index (κ3) is 4.45. The monoisotopic (exact) mass is 534 g/mol. The highest BCUT2D eigenvalue weighted by Crippen LogP contribution is 2.38. The van der Waals surface area contributed by atoms with Crippen LogP contribution >= 0.6 is 0 Å². The van der Waals surface area contributed by atoms with Gasteiger partial charge in [0.25, 0.3) is 0 Å². The van der Waals surface area contributed by atoms with Gasteiger partial charge in [0.15, 0.2) is 21.3 Å². The highest BCUT2D eigenvalue weighted by molar-refractivity contribution is 7.91. The van der Waals surface area contributed by atoms with Crippen molar-refractivity contribution in [1.29, 1.82) is 0 Å². The maximum absolute atomic E-state index is 13.5. The lowest BCUT2D eigenvalue weighted by molar-refractivity contribution is -0.138. The summed E-state index contributed by atoms with van der Waals surface area (Å²) in [5.41, 5.74) is -4.95. The first kappa shape index (κ1) is 25.3. The summed E-state index contributed by atoms with van der Waals surface area (Å²) in [5.74, 6) is -2.36. The van der Waals surface area contributed by atoms with Crippen molar-refractivity contribution in [3.8, 4) is 16.9 Å². The third-order valence-electron chi connectivity index (χ3n) is 5.19. The van der Waals surface area contributed by atoms with Gasteiger partial charge in [-0.25, -0.2) is 27.0 Å². The van der Waals surface area contributed by atoms with Gasteiger partial charge in [-0.3, -0.25) is 0 Å². The maximum atomic E-state index is 13.5. The summed E-state index contributed by atoms with van der Waals surface area (Å²) in [5, 5.41) is 3.83. The molecule has 0 fully saturated rings. The number of hydrogen-bond acceptors (Lipinski definition) is 5. The number of rotatable bonds is 4. The van der Waals surface area contributed by atoms with Crippen molar-refractivity contribution in [2.24, 2.45) is 0 Å². The van der Waals surface area contributed by atoms with Crippen LogP contribution in [0.4, 0.5) is 30.7 Å². The topological polar surface area (TPSA) is 86.3 Å². The van der Waals surface area contributed by atoms with Crippen LogP contribution in [0.2, 0.25) is 0 Å². The van der Waals surface area contributed by atoms with E-state index >= 15 is 0 Å². The molecule has 4 aromatic rings. The van der Waals surface area contributed by atoms with Crippen LogP contribution in [0.3, 0.4) is 0 Å². The van der Waals surface area contributed by atoms with Gasteiger partial charge in [-0.1, -0.05) is 13.0 Å². The van der Waals surface area contributed by atoms with Crippen LogP contribution in [-0.4, -0.2) is 33.3 Å². The maximum Gasteiger partial charge on any atom is 0.417 e. The Morgan fingerprint density at radius 3 is 2.28 bits per heavy atom. The molecule has 1 aromatic carbocycles. The van der Waals surface area contributed by atoms with Crippen molar-refractivity contribution in [3.05, 3.63) is 76.2 Å². The SMILES string of the molecule is CCS(=O)(=O)c1cc(-c2ccc(F)cc2C(F)(F)F)cnc1-n1nc2ccc(C(F)(F)F)cn2c1=O. The molecule has 3 heterocycles. The van der Waals surface area contributed by atoms with Gasteiger partial charge >= 0.3 is 18.0 Å². The Morgan fingerprint density at radius 1 is 0.972 bits per heavy atom. The van der Waals surface area contributed by atoms with Crippen LogP contribution in [0, 0.1) is 5.82 Å². The first-order valence-electron chi connectivity index (χ1n) is 9.92. The lowest BCUT2D eigenvalue weighted by Crippen LogP contribution is -2.23. The standard InChI is InChI=1S/C21H13F7N4O3S/c1-2-36(34,35)16-7-11(14-5-4-13(22)8-15(14)21(26,27)28)9-29-18(16)32-19(33)31-10-12(20(23,24)25)3-6-17(31)30-32/h3-10H,2H2,1H3. The quantitative estimate of drug-likeness (QED) is 0.360. The van der Waals surface area contributed by atoms with Crippen LogP contribution < -0.4 is 5.69 Å². The van der Waals surface area contributed by atoms with E-state index in [0.717, 1.165) is 30.5 Å². The van der Waals surface area contributed by atoms with Crippen LogP contribution in [-0.2, 0) is 22.2 Å². The van der Waals surface area contributed by atoms with Crippen LogP contribution in [0.5, 0.6) is 0 Å². The minimum atomic E-state index is -4.99. The van der Waals surface area contributed by atoms with Gasteiger partial charge in [0, 0.05) is 18.0 Å². The predicted molar refractivity (Wildman–Crippen MR) is 112 cm³/mol. The molecule has 15 heteroatoms. The number of fused-ring (bicyclic) bond motifs is 1. The molecule has 0 amide bonds. The molecule has 0 spiro atoms. The predicted octanol–water partition coefficient (Wildman–Crippen LogP) is 4.52. The molecule has 0 unspecified atom stereocenters. The summed E-state index contributed by atoms with van der Waals surface area (Å²) >= 11 is 0. The first-order chi connectivity index (χ1) is 16.6. The lowest BCUT2D eigenvalue weighted by Gasteiger charge is -2.15. The van der Waals surface area contributed by atoms with E-state index in [1.54, 1.807) is 0 Å². The zero-order valence-electron chi connectivity index (χ0n) is 17.9.